The van der Waals surface area contributed by atoms with Crippen molar-refractivity contribution in [1.29, 1.82) is 0 Å². The topological polar surface area (TPSA) is 41.5 Å². The van der Waals surface area contributed by atoms with Gasteiger partial charge in [0.2, 0.25) is 5.91 Å². The third-order valence-electron chi connectivity index (χ3n) is 1.69. The SMILES string of the molecule is O=C1CC=Nc2ccccc2N1. The molecular weight excluding hydrogens is 152 g/mol. The molecule has 0 atom stereocenters. The highest BCUT2D eigenvalue weighted by Crippen LogP contribution is 2.25. The maximum atomic E-state index is 11.0. The van der Waals surface area contributed by atoms with Gasteiger partial charge in [0.15, 0.2) is 0 Å². The lowest BCUT2D eigenvalue weighted by Gasteiger charge is -2.02. The molecule has 12 heavy (non-hydrogen) atoms. The molecule has 1 heterocycles. The van der Waals surface area contributed by atoms with Gasteiger partial charge in [0.05, 0.1) is 17.8 Å². The van der Waals surface area contributed by atoms with Gasteiger partial charge in [0.25, 0.3) is 0 Å². The highest BCUT2D eigenvalue weighted by atomic mass is 16.1. The fourth-order valence-corrected chi connectivity index (χ4v) is 1.12. The van der Waals surface area contributed by atoms with Crippen LogP contribution in [0.25, 0.3) is 0 Å². The van der Waals surface area contributed by atoms with Crippen LogP contribution in [0.2, 0.25) is 0 Å². The molecule has 0 saturated heterocycles. The van der Waals surface area contributed by atoms with E-state index in [1.54, 1.807) is 6.21 Å². The lowest BCUT2D eigenvalue weighted by molar-refractivity contribution is -0.115. The molecular formula is C9H8N2O. The Morgan fingerprint density at radius 3 is 3.08 bits per heavy atom. The third-order valence-corrected chi connectivity index (χ3v) is 1.69. The van der Waals surface area contributed by atoms with Crippen molar-refractivity contribution in [2.45, 2.75) is 6.42 Å². The van der Waals surface area contributed by atoms with Crippen molar-refractivity contribution in [2.24, 2.45) is 4.99 Å². The van der Waals surface area contributed by atoms with Gasteiger partial charge in [-0.2, -0.15) is 0 Å². The van der Waals surface area contributed by atoms with Gasteiger partial charge in [-0.3, -0.25) is 9.79 Å². The summed E-state index contributed by atoms with van der Waals surface area (Å²) in [5.41, 5.74) is 1.61. The summed E-state index contributed by atoms with van der Waals surface area (Å²) in [7, 11) is 0. The molecule has 0 aliphatic carbocycles. The Morgan fingerprint density at radius 2 is 2.17 bits per heavy atom. The predicted molar refractivity (Wildman–Crippen MR) is 47.8 cm³/mol. The number of hydrogen-bond acceptors (Lipinski definition) is 2. The van der Waals surface area contributed by atoms with Crippen molar-refractivity contribution in [2.75, 3.05) is 5.32 Å². The van der Waals surface area contributed by atoms with Crippen LogP contribution in [-0.2, 0) is 4.79 Å². The molecule has 2 rings (SSSR count). The molecule has 1 amide bonds. The van der Waals surface area contributed by atoms with Gasteiger partial charge in [0, 0.05) is 6.21 Å². The smallest absolute Gasteiger partial charge is 0.229 e. The molecule has 3 nitrogen and oxygen atoms in total. The Hall–Kier alpha value is -1.64. The molecule has 1 aliphatic heterocycles. The van der Waals surface area contributed by atoms with Crippen molar-refractivity contribution in [3.63, 3.8) is 0 Å². The maximum absolute atomic E-state index is 11.0. The number of para-hydroxylation sites is 2. The van der Waals surface area contributed by atoms with E-state index in [-0.39, 0.29) is 5.91 Å². The summed E-state index contributed by atoms with van der Waals surface area (Å²) in [6.45, 7) is 0. The Balaban J connectivity index is 2.48. The molecule has 0 spiro atoms. The third kappa shape index (κ3) is 1.21. The van der Waals surface area contributed by atoms with Crippen molar-refractivity contribution in [1.82, 2.24) is 0 Å². The van der Waals surface area contributed by atoms with Gasteiger partial charge < -0.3 is 5.32 Å². The minimum atomic E-state index is -0.0105. The first kappa shape index (κ1) is 7.03. The number of aliphatic imine (C=N–C) groups is 1. The minimum Gasteiger partial charge on any atom is -0.324 e. The van der Waals surface area contributed by atoms with Crippen molar-refractivity contribution >= 4 is 23.5 Å². The fraction of sp³-hybridized carbons (Fsp3) is 0.111. The van der Waals surface area contributed by atoms with Crippen molar-refractivity contribution < 1.29 is 4.79 Å². The number of benzene rings is 1. The van der Waals surface area contributed by atoms with Crippen LogP contribution < -0.4 is 5.32 Å². The zero-order valence-corrected chi connectivity index (χ0v) is 6.45. The first-order valence-electron chi connectivity index (χ1n) is 3.78. The fourth-order valence-electron chi connectivity index (χ4n) is 1.12. The number of nitrogens with one attached hydrogen (secondary N) is 1. The summed E-state index contributed by atoms with van der Waals surface area (Å²) in [5.74, 6) is -0.0105. The van der Waals surface area contributed by atoms with E-state index in [4.69, 9.17) is 0 Å². The zero-order chi connectivity index (χ0) is 8.39. The van der Waals surface area contributed by atoms with Crippen LogP contribution in [0.1, 0.15) is 6.42 Å². The summed E-state index contributed by atoms with van der Waals surface area (Å²) in [6.07, 6.45) is 1.98. The average molecular weight is 160 g/mol. The largest absolute Gasteiger partial charge is 0.324 e. The van der Waals surface area contributed by atoms with Crippen LogP contribution in [0.15, 0.2) is 29.3 Å². The summed E-state index contributed by atoms with van der Waals surface area (Å²) in [4.78, 5) is 15.2. The summed E-state index contributed by atoms with van der Waals surface area (Å²) >= 11 is 0. The highest BCUT2D eigenvalue weighted by Gasteiger charge is 2.07. The molecule has 1 aliphatic rings. The quantitative estimate of drug-likeness (QED) is 0.617. The van der Waals surface area contributed by atoms with E-state index in [1.165, 1.54) is 0 Å². The van der Waals surface area contributed by atoms with E-state index in [9.17, 15) is 4.79 Å². The maximum Gasteiger partial charge on any atom is 0.229 e. The number of carbonyl (C=O) groups excluding carboxylic acids is 1. The second kappa shape index (κ2) is 2.77. The minimum absolute atomic E-state index is 0.0105. The second-order valence-electron chi connectivity index (χ2n) is 2.58. The first-order valence-corrected chi connectivity index (χ1v) is 3.78. The summed E-state index contributed by atoms with van der Waals surface area (Å²) in [6, 6.07) is 7.49. The molecule has 60 valence electrons. The van der Waals surface area contributed by atoms with Gasteiger partial charge in [-0.1, -0.05) is 12.1 Å². The van der Waals surface area contributed by atoms with Crippen LogP contribution in [0, 0.1) is 0 Å². The number of fused-ring (bicyclic) bond motifs is 1. The molecule has 0 unspecified atom stereocenters. The second-order valence-corrected chi connectivity index (χ2v) is 2.58. The van der Waals surface area contributed by atoms with E-state index >= 15 is 0 Å². The van der Waals surface area contributed by atoms with Crippen molar-refractivity contribution in [3.05, 3.63) is 24.3 Å². The first-order chi connectivity index (χ1) is 5.86. The summed E-state index contributed by atoms with van der Waals surface area (Å²) < 4.78 is 0. The lowest BCUT2D eigenvalue weighted by Crippen LogP contribution is -2.09. The number of amides is 1. The molecule has 3 heteroatoms. The van der Waals surface area contributed by atoms with Gasteiger partial charge in [0.1, 0.15) is 0 Å². The van der Waals surface area contributed by atoms with Crippen LogP contribution in [-0.4, -0.2) is 12.1 Å². The number of hydrogen-bond donors (Lipinski definition) is 1. The lowest BCUT2D eigenvalue weighted by atomic mass is 10.3. The Bertz CT molecular complexity index is 344. The molecule has 0 aromatic heterocycles. The van der Waals surface area contributed by atoms with Gasteiger partial charge in [-0.05, 0) is 12.1 Å². The molecule has 0 radical (unpaired) electrons. The molecule has 1 aromatic carbocycles. The monoisotopic (exact) mass is 160 g/mol. The average Bonchev–Trinajstić information content (AvgIpc) is 2.25. The van der Waals surface area contributed by atoms with Crippen molar-refractivity contribution in [3.8, 4) is 0 Å². The zero-order valence-electron chi connectivity index (χ0n) is 6.45. The van der Waals surface area contributed by atoms with E-state index in [2.05, 4.69) is 10.3 Å². The Kier molecular flexibility index (Phi) is 1.63. The molecule has 1 aromatic rings. The molecule has 0 fully saturated rings. The highest BCUT2D eigenvalue weighted by molar-refractivity contribution is 6.03. The number of nitrogens with zero attached hydrogens (tertiary/aromatic N) is 1. The summed E-state index contributed by atoms with van der Waals surface area (Å²) in [5, 5.41) is 2.76. The Labute approximate surface area is 70.1 Å². The Morgan fingerprint density at radius 1 is 1.33 bits per heavy atom. The van der Waals surface area contributed by atoms with E-state index in [1.807, 2.05) is 24.3 Å². The van der Waals surface area contributed by atoms with E-state index in [0.717, 1.165) is 11.4 Å². The number of anilines is 1. The van der Waals surface area contributed by atoms with Crippen LogP contribution in [0.4, 0.5) is 11.4 Å². The van der Waals surface area contributed by atoms with E-state index in [0.29, 0.717) is 6.42 Å². The van der Waals surface area contributed by atoms with Crippen LogP contribution in [0.5, 0.6) is 0 Å². The molecule has 1 N–H and O–H groups in total. The van der Waals surface area contributed by atoms with Crippen LogP contribution >= 0.6 is 0 Å². The normalized spacial score (nSPS) is 14.8. The van der Waals surface area contributed by atoms with E-state index < -0.39 is 0 Å². The predicted octanol–water partition coefficient (Wildman–Crippen LogP) is 1.73. The molecule has 0 bridgehead atoms. The molecule has 0 saturated carbocycles. The van der Waals surface area contributed by atoms with Crippen LogP contribution in [0.3, 0.4) is 0 Å². The number of carbonyl (C=O) groups is 1. The number of rotatable bonds is 0. The van der Waals surface area contributed by atoms with Gasteiger partial charge in [-0.25, -0.2) is 0 Å². The standard InChI is InChI=1S/C9H8N2O/c12-9-5-6-10-7-3-1-2-4-8(7)11-9/h1-4,6H,5H2,(H,11,12). The van der Waals surface area contributed by atoms with Gasteiger partial charge >= 0.3 is 0 Å². The van der Waals surface area contributed by atoms with Gasteiger partial charge in [-0.15, -0.1) is 0 Å².